The molecule has 4 amide bonds. The number of amides is 4. The highest BCUT2D eigenvalue weighted by molar-refractivity contribution is 5.94. The van der Waals surface area contributed by atoms with Gasteiger partial charge in [0.15, 0.2) is 0 Å². The molecule has 0 aromatic heterocycles. The number of carbonyl (C=O) groups excluding carboxylic acids is 4. The number of ether oxygens (including phenoxy) is 1. The molecule has 2 unspecified atom stereocenters. The van der Waals surface area contributed by atoms with Crippen LogP contribution in [0.3, 0.4) is 0 Å². The molecule has 5 N–H and O–H groups in total. The molecule has 36 heavy (non-hydrogen) atoms. The van der Waals surface area contributed by atoms with Crippen molar-refractivity contribution in [3.8, 4) is 5.75 Å². The summed E-state index contributed by atoms with van der Waals surface area (Å²) in [4.78, 5) is 52.8. The van der Waals surface area contributed by atoms with Gasteiger partial charge < -0.3 is 31.1 Å². The number of carbonyl (C=O) groups is 4. The zero-order valence-electron chi connectivity index (χ0n) is 21.9. The third kappa shape index (κ3) is 8.42. The average Bonchev–Trinajstić information content (AvgIpc) is 2.77. The van der Waals surface area contributed by atoms with Crippen LogP contribution in [0.2, 0.25) is 0 Å². The Hall–Kier alpha value is -3.30. The van der Waals surface area contributed by atoms with E-state index >= 15 is 0 Å². The van der Waals surface area contributed by atoms with Crippen molar-refractivity contribution in [3.63, 3.8) is 0 Å². The van der Waals surface area contributed by atoms with Crippen LogP contribution in [0.15, 0.2) is 18.2 Å². The highest BCUT2D eigenvalue weighted by Gasteiger charge is 2.37. The highest BCUT2D eigenvalue weighted by Crippen LogP contribution is 2.28. The summed E-state index contributed by atoms with van der Waals surface area (Å²) in [6.45, 7) is 8.55. The molecule has 1 aliphatic carbocycles. The molecule has 0 bridgehead atoms. The fraction of sp³-hybridized carbons (Fsp3) is 0.615. The quantitative estimate of drug-likeness (QED) is 0.406. The van der Waals surface area contributed by atoms with Gasteiger partial charge in [-0.2, -0.15) is 0 Å². The van der Waals surface area contributed by atoms with E-state index in [9.17, 15) is 24.3 Å². The lowest BCUT2D eigenvalue weighted by molar-refractivity contribution is -0.143. The van der Waals surface area contributed by atoms with E-state index < -0.39 is 42.0 Å². The first-order chi connectivity index (χ1) is 16.8. The van der Waals surface area contributed by atoms with Crippen LogP contribution in [0.1, 0.15) is 83.4 Å². The number of nitrogens with two attached hydrogens (primary N) is 1. The van der Waals surface area contributed by atoms with Crippen molar-refractivity contribution in [3.05, 3.63) is 29.3 Å². The smallest absolute Gasteiger partial charge is 0.408 e. The Balaban J connectivity index is 2.41. The van der Waals surface area contributed by atoms with E-state index in [4.69, 9.17) is 10.5 Å². The van der Waals surface area contributed by atoms with Gasteiger partial charge in [0.1, 0.15) is 23.4 Å². The topological polar surface area (TPSA) is 151 Å². The largest absolute Gasteiger partial charge is 0.508 e. The van der Waals surface area contributed by atoms with Crippen molar-refractivity contribution in [2.45, 2.75) is 96.9 Å². The molecule has 1 fully saturated rings. The average molecular weight is 505 g/mol. The maximum Gasteiger partial charge on any atom is 0.408 e. The van der Waals surface area contributed by atoms with Gasteiger partial charge in [-0.25, -0.2) is 4.79 Å². The molecule has 0 saturated heterocycles. The van der Waals surface area contributed by atoms with E-state index in [2.05, 4.69) is 10.6 Å². The van der Waals surface area contributed by atoms with Crippen molar-refractivity contribution in [2.75, 3.05) is 6.54 Å². The molecular formula is C26H40N4O6. The number of hydrogen-bond acceptors (Lipinski definition) is 6. The fourth-order valence-corrected chi connectivity index (χ4v) is 4.37. The fourth-order valence-electron chi connectivity index (χ4n) is 4.37. The summed E-state index contributed by atoms with van der Waals surface area (Å²) in [5.74, 6) is -1.73. The van der Waals surface area contributed by atoms with Crippen molar-refractivity contribution >= 4 is 23.8 Å². The summed E-state index contributed by atoms with van der Waals surface area (Å²) < 4.78 is 5.26. The molecule has 1 saturated carbocycles. The summed E-state index contributed by atoms with van der Waals surface area (Å²) in [5, 5.41) is 15.5. The molecule has 200 valence electrons. The third-order valence-electron chi connectivity index (χ3n) is 6.07. The standard InChI is InChI=1S/C26H40N4O6/c1-6-30(24(34)19(15-21(27)32)29-25(35)36-26(3,4)5)22(17-12-13-20(31)16(2)14-17)23(33)28-18-10-8-7-9-11-18/h12-14,18-19,22,31H,6-11,15H2,1-5H3,(H2,27,32)(H,28,33)(H,29,35). The summed E-state index contributed by atoms with van der Waals surface area (Å²) in [6, 6.07) is 2.36. The second kappa shape index (κ2) is 12.6. The number of hydrogen-bond donors (Lipinski definition) is 4. The molecule has 1 aromatic carbocycles. The Morgan fingerprint density at radius 2 is 1.81 bits per heavy atom. The number of aryl methyl sites for hydroxylation is 1. The molecule has 1 aromatic rings. The predicted molar refractivity (Wildman–Crippen MR) is 135 cm³/mol. The normalized spacial score (nSPS) is 15.9. The van der Waals surface area contributed by atoms with Crippen LogP contribution in [0.5, 0.6) is 5.75 Å². The number of phenols is 1. The Morgan fingerprint density at radius 1 is 1.17 bits per heavy atom. The lowest BCUT2D eigenvalue weighted by Crippen LogP contribution is -2.54. The monoisotopic (exact) mass is 504 g/mol. The minimum absolute atomic E-state index is 0.00192. The molecular weight excluding hydrogens is 464 g/mol. The van der Waals surface area contributed by atoms with E-state index in [1.165, 1.54) is 11.0 Å². The number of benzene rings is 1. The lowest BCUT2D eigenvalue weighted by atomic mass is 9.94. The first kappa shape index (κ1) is 28.9. The van der Waals surface area contributed by atoms with Crippen LogP contribution in [-0.2, 0) is 19.1 Å². The van der Waals surface area contributed by atoms with Gasteiger partial charge in [-0.15, -0.1) is 0 Å². The number of primary amides is 1. The van der Waals surface area contributed by atoms with Crippen molar-refractivity contribution < 1.29 is 29.0 Å². The highest BCUT2D eigenvalue weighted by atomic mass is 16.6. The van der Waals surface area contributed by atoms with Crippen molar-refractivity contribution in [2.24, 2.45) is 5.73 Å². The molecule has 0 aliphatic heterocycles. The van der Waals surface area contributed by atoms with E-state index in [1.807, 2.05) is 0 Å². The second-order valence-electron chi connectivity index (χ2n) is 10.3. The molecule has 0 spiro atoms. The van der Waals surface area contributed by atoms with Crippen LogP contribution in [-0.4, -0.2) is 58.1 Å². The van der Waals surface area contributed by atoms with Crippen molar-refractivity contribution in [1.29, 1.82) is 0 Å². The van der Waals surface area contributed by atoms with E-state index in [1.54, 1.807) is 46.8 Å². The molecule has 0 radical (unpaired) electrons. The zero-order chi connectivity index (χ0) is 27.0. The molecule has 10 nitrogen and oxygen atoms in total. The summed E-state index contributed by atoms with van der Waals surface area (Å²) >= 11 is 0. The van der Waals surface area contributed by atoms with Crippen LogP contribution in [0, 0.1) is 6.92 Å². The summed E-state index contributed by atoms with van der Waals surface area (Å²) in [7, 11) is 0. The van der Waals surface area contributed by atoms with Crippen LogP contribution >= 0.6 is 0 Å². The Morgan fingerprint density at radius 3 is 2.33 bits per heavy atom. The molecule has 2 rings (SSSR count). The van der Waals surface area contributed by atoms with Crippen LogP contribution in [0.4, 0.5) is 4.79 Å². The number of likely N-dealkylation sites (N-methyl/N-ethyl adjacent to an activating group) is 1. The third-order valence-corrected chi connectivity index (χ3v) is 6.07. The van der Waals surface area contributed by atoms with Gasteiger partial charge in [0.2, 0.25) is 17.7 Å². The summed E-state index contributed by atoms with van der Waals surface area (Å²) in [6.07, 6.45) is 3.55. The number of phenolic OH excluding ortho intramolecular Hbond substituents is 1. The first-order valence-corrected chi connectivity index (χ1v) is 12.5. The lowest BCUT2D eigenvalue weighted by Gasteiger charge is -2.35. The van der Waals surface area contributed by atoms with Crippen LogP contribution in [0.25, 0.3) is 0 Å². The van der Waals surface area contributed by atoms with E-state index in [-0.39, 0.29) is 24.2 Å². The van der Waals surface area contributed by atoms with Gasteiger partial charge in [0.25, 0.3) is 0 Å². The van der Waals surface area contributed by atoms with Gasteiger partial charge in [-0.1, -0.05) is 25.3 Å². The first-order valence-electron chi connectivity index (χ1n) is 12.5. The molecule has 2 atom stereocenters. The SMILES string of the molecule is CCN(C(=O)C(CC(N)=O)NC(=O)OC(C)(C)C)C(C(=O)NC1CCCCC1)c1ccc(O)c(C)c1. The molecule has 10 heteroatoms. The van der Waals surface area contributed by atoms with E-state index in [0.717, 1.165) is 32.1 Å². The zero-order valence-corrected chi connectivity index (χ0v) is 21.9. The minimum atomic E-state index is -1.32. The number of alkyl carbamates (subject to hydrolysis) is 1. The Kier molecular flexibility index (Phi) is 10.1. The second-order valence-corrected chi connectivity index (χ2v) is 10.3. The van der Waals surface area contributed by atoms with E-state index in [0.29, 0.717) is 11.1 Å². The van der Waals surface area contributed by atoms with Crippen molar-refractivity contribution in [1.82, 2.24) is 15.5 Å². The Labute approximate surface area is 212 Å². The summed E-state index contributed by atoms with van der Waals surface area (Å²) in [5.41, 5.74) is 5.61. The maximum absolute atomic E-state index is 13.7. The maximum atomic E-state index is 13.7. The number of rotatable bonds is 9. The molecule has 0 heterocycles. The van der Waals surface area contributed by atoms with Gasteiger partial charge in [0.05, 0.1) is 6.42 Å². The minimum Gasteiger partial charge on any atom is -0.508 e. The Bertz CT molecular complexity index is 952. The van der Waals surface area contributed by atoms with Gasteiger partial charge in [0, 0.05) is 12.6 Å². The number of aromatic hydroxyl groups is 1. The number of nitrogens with one attached hydrogen (secondary N) is 2. The van der Waals surface area contributed by atoms with Gasteiger partial charge >= 0.3 is 6.09 Å². The van der Waals surface area contributed by atoms with Gasteiger partial charge in [-0.05, 0) is 70.7 Å². The van der Waals surface area contributed by atoms with Gasteiger partial charge in [-0.3, -0.25) is 14.4 Å². The predicted octanol–water partition coefficient (Wildman–Crippen LogP) is 2.81. The molecule has 1 aliphatic rings. The van der Waals surface area contributed by atoms with Crippen LogP contribution < -0.4 is 16.4 Å². The number of nitrogens with zero attached hydrogens (tertiary/aromatic N) is 1.